The molecule has 1 aromatic heterocycles. The second-order valence-corrected chi connectivity index (χ2v) is 2.99. The van der Waals surface area contributed by atoms with Crippen molar-refractivity contribution in [3.05, 3.63) is 32.6 Å². The third-order valence-corrected chi connectivity index (χ3v) is 1.92. The maximum Gasteiger partial charge on any atom is 0.329 e. The van der Waals surface area contributed by atoms with Gasteiger partial charge in [0.25, 0.3) is 5.56 Å². The molecule has 0 aromatic carbocycles. The topological polar surface area (TPSA) is 92.2 Å². The Kier molecular flexibility index (Phi) is 2.55. The fourth-order valence-electron chi connectivity index (χ4n) is 0.993. The molecule has 0 radical (unpaired) electrons. The van der Waals surface area contributed by atoms with E-state index in [1.165, 1.54) is 20.0 Å². The molecule has 1 unspecified atom stereocenters. The molecule has 14 heavy (non-hydrogen) atoms. The van der Waals surface area contributed by atoms with Gasteiger partial charge in [0.2, 0.25) is 0 Å². The molecule has 0 fully saturated rings. The van der Waals surface area contributed by atoms with Crippen molar-refractivity contribution in [2.75, 3.05) is 0 Å². The summed E-state index contributed by atoms with van der Waals surface area (Å²) in [5, 5.41) is 8.67. The predicted octanol–water partition coefficient (Wildman–Crippen LogP) is -0.509. The zero-order valence-electron chi connectivity index (χ0n) is 7.77. The largest absolute Gasteiger partial charge is 0.480 e. The standard InChI is InChI=1S/C8H10N2O4/c1-4-3-10(5(2)7(12)13)8(14)9-6(4)11/h3,5H,1-2H3,(H,12,13)(H,9,11,14). The molecule has 0 aliphatic carbocycles. The van der Waals surface area contributed by atoms with E-state index in [2.05, 4.69) is 0 Å². The molecule has 0 saturated heterocycles. The van der Waals surface area contributed by atoms with Crippen molar-refractivity contribution in [1.29, 1.82) is 0 Å². The van der Waals surface area contributed by atoms with Crippen LogP contribution >= 0.6 is 0 Å². The number of carboxylic acid groups (broad SMARTS) is 1. The van der Waals surface area contributed by atoms with Gasteiger partial charge in [-0.15, -0.1) is 0 Å². The SMILES string of the molecule is Cc1cn(C(C)C(=O)O)c(=O)[nH]c1=O. The molecule has 0 spiro atoms. The lowest BCUT2D eigenvalue weighted by molar-refractivity contribution is -0.140. The average molecular weight is 198 g/mol. The summed E-state index contributed by atoms with van der Waals surface area (Å²) in [6.07, 6.45) is 1.24. The number of hydrogen-bond donors (Lipinski definition) is 2. The van der Waals surface area contributed by atoms with Crippen molar-refractivity contribution in [2.24, 2.45) is 0 Å². The van der Waals surface area contributed by atoms with Gasteiger partial charge in [0.1, 0.15) is 6.04 Å². The van der Waals surface area contributed by atoms with E-state index in [0.29, 0.717) is 5.56 Å². The van der Waals surface area contributed by atoms with Gasteiger partial charge in [0.15, 0.2) is 0 Å². The highest BCUT2D eigenvalue weighted by Crippen LogP contribution is 2.00. The molecule has 0 aliphatic rings. The molecular formula is C8H10N2O4. The van der Waals surface area contributed by atoms with Crippen molar-refractivity contribution in [3.63, 3.8) is 0 Å². The number of aliphatic carboxylic acids is 1. The van der Waals surface area contributed by atoms with E-state index >= 15 is 0 Å². The molecule has 1 aromatic rings. The molecular weight excluding hydrogens is 188 g/mol. The average Bonchev–Trinajstić information content (AvgIpc) is 2.10. The Bertz CT molecular complexity index is 471. The lowest BCUT2D eigenvalue weighted by Crippen LogP contribution is -2.34. The van der Waals surface area contributed by atoms with E-state index < -0.39 is 23.3 Å². The first kappa shape index (κ1) is 10.2. The summed E-state index contributed by atoms with van der Waals surface area (Å²) in [6, 6.07) is -0.988. The third kappa shape index (κ3) is 1.73. The third-order valence-electron chi connectivity index (χ3n) is 1.92. The number of aryl methyl sites for hydroxylation is 1. The minimum Gasteiger partial charge on any atom is -0.480 e. The Labute approximate surface area is 78.8 Å². The summed E-state index contributed by atoms with van der Waals surface area (Å²) in [5.74, 6) is -1.13. The van der Waals surface area contributed by atoms with E-state index in [-0.39, 0.29) is 0 Å². The molecule has 2 N–H and O–H groups in total. The van der Waals surface area contributed by atoms with Crippen molar-refractivity contribution >= 4 is 5.97 Å². The first-order valence-corrected chi connectivity index (χ1v) is 3.98. The van der Waals surface area contributed by atoms with Crippen LogP contribution in [0.2, 0.25) is 0 Å². The molecule has 1 rings (SSSR count). The first-order chi connectivity index (χ1) is 6.43. The highest BCUT2D eigenvalue weighted by atomic mass is 16.4. The first-order valence-electron chi connectivity index (χ1n) is 3.98. The molecule has 6 nitrogen and oxygen atoms in total. The van der Waals surface area contributed by atoms with Gasteiger partial charge in [-0.05, 0) is 13.8 Å². The van der Waals surface area contributed by atoms with Crippen molar-refractivity contribution in [3.8, 4) is 0 Å². The van der Waals surface area contributed by atoms with Crippen LogP contribution in [0.1, 0.15) is 18.5 Å². The van der Waals surface area contributed by atoms with Crippen LogP contribution in [0.5, 0.6) is 0 Å². The maximum atomic E-state index is 11.2. The number of carboxylic acids is 1. The fourth-order valence-corrected chi connectivity index (χ4v) is 0.993. The number of nitrogens with one attached hydrogen (secondary N) is 1. The highest BCUT2D eigenvalue weighted by Gasteiger charge is 2.15. The van der Waals surface area contributed by atoms with Crippen LogP contribution < -0.4 is 11.2 Å². The van der Waals surface area contributed by atoms with E-state index in [1.54, 1.807) is 0 Å². The quantitative estimate of drug-likeness (QED) is 0.669. The van der Waals surface area contributed by atoms with Crippen LogP contribution in [0.4, 0.5) is 0 Å². The second-order valence-electron chi connectivity index (χ2n) is 2.99. The van der Waals surface area contributed by atoms with Crippen LogP contribution in [0, 0.1) is 6.92 Å². The molecule has 0 bridgehead atoms. The number of aromatic nitrogens is 2. The van der Waals surface area contributed by atoms with Gasteiger partial charge in [-0.1, -0.05) is 0 Å². The van der Waals surface area contributed by atoms with Crippen LogP contribution in [0.15, 0.2) is 15.8 Å². The normalized spacial score (nSPS) is 12.4. The smallest absolute Gasteiger partial charge is 0.329 e. The maximum absolute atomic E-state index is 11.2. The van der Waals surface area contributed by atoms with Crippen LogP contribution in [-0.2, 0) is 4.79 Å². The number of carbonyl (C=O) groups is 1. The Balaban J connectivity index is 3.37. The zero-order valence-corrected chi connectivity index (χ0v) is 7.77. The van der Waals surface area contributed by atoms with Gasteiger partial charge in [-0.2, -0.15) is 0 Å². The van der Waals surface area contributed by atoms with Gasteiger partial charge < -0.3 is 5.11 Å². The summed E-state index contributed by atoms with van der Waals surface area (Å²) in [4.78, 5) is 34.8. The Morgan fingerprint density at radius 3 is 2.64 bits per heavy atom. The molecule has 76 valence electrons. The van der Waals surface area contributed by atoms with Gasteiger partial charge in [0, 0.05) is 11.8 Å². The lowest BCUT2D eigenvalue weighted by atomic mass is 10.3. The van der Waals surface area contributed by atoms with E-state index in [4.69, 9.17) is 5.11 Å². The Hall–Kier alpha value is -1.85. The second kappa shape index (κ2) is 3.49. The fraction of sp³-hybridized carbons (Fsp3) is 0.375. The Morgan fingerprint density at radius 2 is 2.14 bits per heavy atom. The number of nitrogens with zero attached hydrogens (tertiary/aromatic N) is 1. The van der Waals surface area contributed by atoms with E-state index in [9.17, 15) is 14.4 Å². The number of H-pyrrole nitrogens is 1. The summed E-state index contributed by atoms with van der Waals surface area (Å²) in [5.41, 5.74) is -0.906. The number of aromatic amines is 1. The summed E-state index contributed by atoms with van der Waals surface area (Å²) < 4.78 is 0.971. The molecule has 0 saturated carbocycles. The van der Waals surface area contributed by atoms with E-state index in [0.717, 1.165) is 4.57 Å². The monoisotopic (exact) mass is 198 g/mol. The van der Waals surface area contributed by atoms with Crippen LogP contribution in [0.3, 0.4) is 0 Å². The number of hydrogen-bond acceptors (Lipinski definition) is 3. The van der Waals surface area contributed by atoms with E-state index in [1.807, 2.05) is 4.98 Å². The Morgan fingerprint density at radius 1 is 1.57 bits per heavy atom. The molecule has 0 amide bonds. The van der Waals surface area contributed by atoms with Crippen LogP contribution in [-0.4, -0.2) is 20.6 Å². The zero-order chi connectivity index (χ0) is 10.9. The highest BCUT2D eigenvalue weighted by molar-refractivity contribution is 5.71. The van der Waals surface area contributed by atoms with Gasteiger partial charge >= 0.3 is 11.7 Å². The van der Waals surface area contributed by atoms with Crippen molar-refractivity contribution < 1.29 is 9.90 Å². The molecule has 0 aliphatic heterocycles. The minimum absolute atomic E-state index is 0.303. The minimum atomic E-state index is -1.13. The van der Waals surface area contributed by atoms with Gasteiger partial charge in [-0.3, -0.25) is 14.3 Å². The lowest BCUT2D eigenvalue weighted by Gasteiger charge is -2.09. The van der Waals surface area contributed by atoms with Gasteiger partial charge in [0.05, 0.1) is 0 Å². The molecule has 6 heteroatoms. The number of rotatable bonds is 2. The van der Waals surface area contributed by atoms with Crippen molar-refractivity contribution in [2.45, 2.75) is 19.9 Å². The van der Waals surface area contributed by atoms with Gasteiger partial charge in [-0.25, -0.2) is 9.59 Å². The summed E-state index contributed by atoms with van der Waals surface area (Å²) in [7, 11) is 0. The van der Waals surface area contributed by atoms with Crippen molar-refractivity contribution in [1.82, 2.24) is 9.55 Å². The summed E-state index contributed by atoms with van der Waals surface area (Å²) >= 11 is 0. The van der Waals surface area contributed by atoms with Crippen LogP contribution in [0.25, 0.3) is 0 Å². The molecule has 1 atom stereocenters. The summed E-state index contributed by atoms with van der Waals surface area (Å²) in [6.45, 7) is 2.87. The predicted molar refractivity (Wildman–Crippen MR) is 48.4 cm³/mol. The molecule has 1 heterocycles.